The smallest absolute Gasteiger partial charge is 0.244 e. The van der Waals surface area contributed by atoms with Crippen molar-refractivity contribution in [2.24, 2.45) is 7.05 Å². The van der Waals surface area contributed by atoms with Gasteiger partial charge in [0.1, 0.15) is 0 Å². The van der Waals surface area contributed by atoms with Gasteiger partial charge in [-0.1, -0.05) is 6.92 Å². The fourth-order valence-electron chi connectivity index (χ4n) is 1.17. The minimum atomic E-state index is -0.851. The Bertz CT molecular complexity index is 408. The second-order valence-corrected chi connectivity index (χ2v) is 4.28. The molecule has 1 aromatic rings. The van der Waals surface area contributed by atoms with E-state index in [1.807, 2.05) is 13.0 Å². The van der Waals surface area contributed by atoms with Gasteiger partial charge in [0, 0.05) is 25.9 Å². The molecule has 2 N–H and O–H groups in total. The second kappa shape index (κ2) is 5.63. The Labute approximate surface area is 101 Å². The number of aliphatic hydroxyl groups is 1. The Morgan fingerprint density at radius 1 is 1.71 bits per heavy atom. The number of carbonyl (C=O) groups excluding carboxylic acids is 1. The summed E-state index contributed by atoms with van der Waals surface area (Å²) >= 11 is 0. The van der Waals surface area contributed by atoms with E-state index in [-0.39, 0.29) is 12.5 Å². The first-order chi connectivity index (χ1) is 7.94. The molecule has 0 fully saturated rings. The van der Waals surface area contributed by atoms with Crippen molar-refractivity contribution in [3.8, 4) is 0 Å². The zero-order valence-electron chi connectivity index (χ0n) is 10.5. The molecule has 0 aromatic carbocycles. The highest BCUT2D eigenvalue weighted by Gasteiger charge is 2.17. The standard InChI is InChI=1S/C12H19N3O2/c1-4-12(2,17)9-13-11(16)6-5-10-7-8-14-15(10)3/h5-8,17H,4,9H2,1-3H3,(H,13,16). The number of nitrogens with one attached hydrogen (secondary N) is 1. The van der Waals surface area contributed by atoms with Crippen molar-refractivity contribution in [3.63, 3.8) is 0 Å². The molecule has 94 valence electrons. The first kappa shape index (κ1) is 13.4. The molecule has 5 nitrogen and oxygen atoms in total. The molecule has 1 unspecified atom stereocenters. The monoisotopic (exact) mass is 237 g/mol. The lowest BCUT2D eigenvalue weighted by molar-refractivity contribution is -0.117. The van der Waals surface area contributed by atoms with Crippen LogP contribution < -0.4 is 5.32 Å². The van der Waals surface area contributed by atoms with Gasteiger partial charge in [-0.2, -0.15) is 5.10 Å². The predicted octanol–water partition coefficient (Wildman–Crippen LogP) is 0.710. The van der Waals surface area contributed by atoms with Gasteiger partial charge in [-0.05, 0) is 25.5 Å². The summed E-state index contributed by atoms with van der Waals surface area (Å²) in [7, 11) is 1.81. The molecule has 17 heavy (non-hydrogen) atoms. The quantitative estimate of drug-likeness (QED) is 0.741. The van der Waals surface area contributed by atoms with E-state index in [2.05, 4.69) is 10.4 Å². The minimum Gasteiger partial charge on any atom is -0.388 e. The van der Waals surface area contributed by atoms with Gasteiger partial charge in [0.05, 0.1) is 11.3 Å². The van der Waals surface area contributed by atoms with Crippen LogP contribution in [-0.4, -0.2) is 32.9 Å². The highest BCUT2D eigenvalue weighted by atomic mass is 16.3. The zero-order valence-corrected chi connectivity index (χ0v) is 10.5. The lowest BCUT2D eigenvalue weighted by Crippen LogP contribution is -2.39. The van der Waals surface area contributed by atoms with Crippen LogP contribution in [-0.2, 0) is 11.8 Å². The van der Waals surface area contributed by atoms with Gasteiger partial charge in [-0.3, -0.25) is 9.48 Å². The molecule has 0 aliphatic carbocycles. The number of hydrogen-bond donors (Lipinski definition) is 2. The van der Waals surface area contributed by atoms with Crippen molar-refractivity contribution in [2.75, 3.05) is 6.54 Å². The number of rotatable bonds is 5. The lowest BCUT2D eigenvalue weighted by Gasteiger charge is -2.20. The summed E-state index contributed by atoms with van der Waals surface area (Å²) in [6.45, 7) is 3.81. The first-order valence-electron chi connectivity index (χ1n) is 5.61. The number of aryl methyl sites for hydroxylation is 1. The zero-order chi connectivity index (χ0) is 12.9. The third-order valence-electron chi connectivity index (χ3n) is 2.67. The molecule has 1 atom stereocenters. The maximum Gasteiger partial charge on any atom is 0.244 e. The topological polar surface area (TPSA) is 67.2 Å². The Hall–Kier alpha value is -1.62. The van der Waals surface area contributed by atoms with E-state index in [0.717, 1.165) is 5.69 Å². The van der Waals surface area contributed by atoms with E-state index in [0.29, 0.717) is 6.42 Å². The van der Waals surface area contributed by atoms with Gasteiger partial charge in [-0.15, -0.1) is 0 Å². The molecular weight excluding hydrogens is 218 g/mol. The highest BCUT2D eigenvalue weighted by molar-refractivity contribution is 5.91. The van der Waals surface area contributed by atoms with Crippen LogP contribution in [0.1, 0.15) is 26.0 Å². The average Bonchev–Trinajstić information content (AvgIpc) is 2.70. The van der Waals surface area contributed by atoms with Crippen LogP contribution in [0.25, 0.3) is 6.08 Å². The van der Waals surface area contributed by atoms with E-state index in [9.17, 15) is 9.90 Å². The molecular formula is C12H19N3O2. The Kier molecular flexibility index (Phi) is 4.45. The summed E-state index contributed by atoms with van der Waals surface area (Å²) in [4.78, 5) is 11.5. The molecule has 0 aliphatic heterocycles. The van der Waals surface area contributed by atoms with E-state index in [1.54, 1.807) is 30.9 Å². The third kappa shape index (κ3) is 4.40. The van der Waals surface area contributed by atoms with E-state index in [1.165, 1.54) is 6.08 Å². The van der Waals surface area contributed by atoms with Crippen LogP contribution in [0, 0.1) is 0 Å². The molecule has 1 heterocycles. The van der Waals surface area contributed by atoms with E-state index < -0.39 is 5.60 Å². The number of nitrogens with zero attached hydrogens (tertiary/aromatic N) is 2. The molecule has 0 saturated carbocycles. The van der Waals surface area contributed by atoms with Crippen LogP contribution in [0.3, 0.4) is 0 Å². The molecule has 0 radical (unpaired) electrons. The molecule has 5 heteroatoms. The summed E-state index contributed by atoms with van der Waals surface area (Å²) in [5.74, 6) is -0.222. The van der Waals surface area contributed by atoms with Crippen LogP contribution in [0.2, 0.25) is 0 Å². The molecule has 0 bridgehead atoms. The molecule has 1 aromatic heterocycles. The number of aromatic nitrogens is 2. The molecule has 1 rings (SSSR count). The van der Waals surface area contributed by atoms with Gasteiger partial charge in [0.15, 0.2) is 0 Å². The lowest BCUT2D eigenvalue weighted by atomic mass is 10.0. The number of hydrogen-bond acceptors (Lipinski definition) is 3. The van der Waals surface area contributed by atoms with Crippen LogP contribution in [0.4, 0.5) is 0 Å². The predicted molar refractivity (Wildman–Crippen MR) is 66.2 cm³/mol. The molecule has 0 spiro atoms. The van der Waals surface area contributed by atoms with Gasteiger partial charge in [0.2, 0.25) is 5.91 Å². The Morgan fingerprint density at radius 3 is 2.94 bits per heavy atom. The fraction of sp³-hybridized carbons (Fsp3) is 0.500. The van der Waals surface area contributed by atoms with Crippen molar-refractivity contribution in [2.45, 2.75) is 25.9 Å². The van der Waals surface area contributed by atoms with E-state index in [4.69, 9.17) is 0 Å². The van der Waals surface area contributed by atoms with Gasteiger partial charge in [0.25, 0.3) is 0 Å². The second-order valence-electron chi connectivity index (χ2n) is 4.28. The van der Waals surface area contributed by atoms with Gasteiger partial charge in [-0.25, -0.2) is 0 Å². The molecule has 0 aliphatic rings. The summed E-state index contributed by atoms with van der Waals surface area (Å²) in [6.07, 6.45) is 5.38. The van der Waals surface area contributed by atoms with Crippen molar-refractivity contribution in [1.82, 2.24) is 15.1 Å². The largest absolute Gasteiger partial charge is 0.388 e. The van der Waals surface area contributed by atoms with Crippen LogP contribution >= 0.6 is 0 Å². The Balaban J connectivity index is 2.46. The average molecular weight is 237 g/mol. The Morgan fingerprint density at radius 2 is 2.41 bits per heavy atom. The summed E-state index contributed by atoms with van der Waals surface area (Å²) in [6, 6.07) is 1.81. The number of carbonyl (C=O) groups is 1. The van der Waals surface area contributed by atoms with Crippen molar-refractivity contribution >= 4 is 12.0 Å². The van der Waals surface area contributed by atoms with Crippen LogP contribution in [0.5, 0.6) is 0 Å². The van der Waals surface area contributed by atoms with Crippen molar-refractivity contribution in [1.29, 1.82) is 0 Å². The SMILES string of the molecule is CCC(C)(O)CNC(=O)C=Cc1ccnn1C. The van der Waals surface area contributed by atoms with Crippen molar-refractivity contribution in [3.05, 3.63) is 24.0 Å². The normalized spacial score (nSPS) is 14.8. The maximum absolute atomic E-state index is 11.5. The highest BCUT2D eigenvalue weighted by Crippen LogP contribution is 2.05. The first-order valence-corrected chi connectivity index (χ1v) is 5.61. The third-order valence-corrected chi connectivity index (χ3v) is 2.67. The molecule has 0 saturated heterocycles. The van der Waals surface area contributed by atoms with Crippen molar-refractivity contribution < 1.29 is 9.90 Å². The van der Waals surface area contributed by atoms with E-state index >= 15 is 0 Å². The minimum absolute atomic E-state index is 0.222. The van der Waals surface area contributed by atoms with Crippen LogP contribution in [0.15, 0.2) is 18.3 Å². The number of amides is 1. The van der Waals surface area contributed by atoms with Gasteiger partial charge >= 0.3 is 0 Å². The molecule has 1 amide bonds. The summed E-state index contributed by atoms with van der Waals surface area (Å²) in [5, 5.41) is 16.4. The summed E-state index contributed by atoms with van der Waals surface area (Å²) < 4.78 is 1.67. The summed E-state index contributed by atoms with van der Waals surface area (Å²) in [5.41, 5.74) is -0.00172. The fourth-order valence-corrected chi connectivity index (χ4v) is 1.17. The maximum atomic E-state index is 11.5. The van der Waals surface area contributed by atoms with Gasteiger partial charge < -0.3 is 10.4 Å².